The Kier molecular flexibility index (Phi) is 6.79. The molecular formula is C19H24ClN5O4S. The number of benzene rings is 1. The molecule has 1 fully saturated rings. The highest BCUT2D eigenvalue weighted by atomic mass is 35.5. The molecule has 3 rings (SSSR count). The number of nitrogens with zero attached hydrogens (tertiary/aromatic N) is 2. The number of ether oxygens (including phenoxy) is 1. The van der Waals surface area contributed by atoms with Crippen molar-refractivity contribution in [1.82, 2.24) is 9.71 Å². The second-order valence-electron chi connectivity index (χ2n) is 7.10. The van der Waals surface area contributed by atoms with Crippen LogP contribution >= 0.6 is 11.6 Å². The molecule has 0 saturated heterocycles. The average molecular weight is 454 g/mol. The Morgan fingerprint density at radius 1 is 1.27 bits per heavy atom. The highest BCUT2D eigenvalue weighted by Gasteiger charge is 2.30. The van der Waals surface area contributed by atoms with Crippen LogP contribution in [0, 0.1) is 5.92 Å². The predicted molar refractivity (Wildman–Crippen MR) is 115 cm³/mol. The Bertz CT molecular complexity index is 1080. The van der Waals surface area contributed by atoms with Gasteiger partial charge < -0.3 is 16.2 Å². The molecule has 0 unspecified atom stereocenters. The van der Waals surface area contributed by atoms with Gasteiger partial charge in [-0.3, -0.25) is 4.79 Å². The molecule has 1 aliphatic rings. The van der Waals surface area contributed by atoms with E-state index in [4.69, 9.17) is 27.8 Å². The molecule has 0 radical (unpaired) electrons. The summed E-state index contributed by atoms with van der Waals surface area (Å²) in [5.41, 5.74) is 10.9. The zero-order valence-corrected chi connectivity index (χ0v) is 18.0. The van der Waals surface area contributed by atoms with Gasteiger partial charge in [-0.25, -0.2) is 18.1 Å². The summed E-state index contributed by atoms with van der Waals surface area (Å²) < 4.78 is 33.7. The minimum Gasteiger partial charge on any atom is -0.466 e. The van der Waals surface area contributed by atoms with Gasteiger partial charge in [-0.1, -0.05) is 17.7 Å². The van der Waals surface area contributed by atoms with Gasteiger partial charge in [0.15, 0.2) is 11.8 Å². The lowest BCUT2D eigenvalue weighted by molar-refractivity contribution is -0.149. The number of pyridine rings is 1. The number of sulfonamides is 1. The zero-order chi connectivity index (χ0) is 21.9. The van der Waals surface area contributed by atoms with Gasteiger partial charge in [-0.2, -0.15) is 4.99 Å². The molecule has 1 aromatic carbocycles. The summed E-state index contributed by atoms with van der Waals surface area (Å²) in [5, 5.41) is 1.36. The van der Waals surface area contributed by atoms with E-state index in [0.29, 0.717) is 48.1 Å². The van der Waals surface area contributed by atoms with Gasteiger partial charge in [0.05, 0.1) is 22.4 Å². The van der Waals surface area contributed by atoms with Crippen molar-refractivity contribution in [3.8, 4) is 0 Å². The number of hydrogen-bond donors (Lipinski definition) is 3. The quantitative estimate of drug-likeness (QED) is 0.344. The van der Waals surface area contributed by atoms with Crippen molar-refractivity contribution in [2.75, 3.05) is 6.61 Å². The lowest BCUT2D eigenvalue weighted by Gasteiger charge is -2.27. The van der Waals surface area contributed by atoms with Crippen molar-refractivity contribution in [2.45, 2.75) is 43.5 Å². The largest absolute Gasteiger partial charge is 0.466 e. The first-order valence-electron chi connectivity index (χ1n) is 9.58. The molecule has 0 spiro atoms. The lowest BCUT2D eigenvalue weighted by atomic mass is 9.86. The van der Waals surface area contributed by atoms with Crippen molar-refractivity contribution < 1.29 is 17.9 Å². The van der Waals surface area contributed by atoms with E-state index in [0.717, 1.165) is 0 Å². The molecule has 1 heterocycles. The second kappa shape index (κ2) is 9.15. The molecule has 9 nitrogen and oxygen atoms in total. The summed E-state index contributed by atoms with van der Waals surface area (Å²) in [4.78, 5) is 20.0. The van der Waals surface area contributed by atoms with Crippen LogP contribution in [0.5, 0.6) is 0 Å². The Balaban J connectivity index is 1.81. The van der Waals surface area contributed by atoms with Gasteiger partial charge in [-0.15, -0.1) is 0 Å². The van der Waals surface area contributed by atoms with Gasteiger partial charge in [0.1, 0.15) is 0 Å². The van der Waals surface area contributed by atoms with E-state index in [-0.39, 0.29) is 34.6 Å². The standard InChI is InChI=1S/C19H24ClN5O4S/c1-2-29-18(26)11-3-5-12(6-4-11)25-30(27,28)13-7-8-14-15(9-13)17(24-19(21)22)23-10-16(14)20/h7-12,25H,2-6H2,1H3,(H4,21,22,23,24). The van der Waals surface area contributed by atoms with Crippen molar-refractivity contribution >= 4 is 50.1 Å². The van der Waals surface area contributed by atoms with Crippen LogP contribution in [-0.2, 0) is 19.6 Å². The molecule has 30 heavy (non-hydrogen) atoms. The van der Waals surface area contributed by atoms with E-state index >= 15 is 0 Å². The van der Waals surface area contributed by atoms with Gasteiger partial charge in [0.2, 0.25) is 10.0 Å². The minimum absolute atomic E-state index is 0.0543. The number of aromatic nitrogens is 1. The van der Waals surface area contributed by atoms with Crippen LogP contribution in [0.15, 0.2) is 34.3 Å². The SMILES string of the molecule is CCOC(=O)C1CCC(NS(=O)(=O)c2ccc3c(Cl)cnc(N=C(N)N)c3c2)CC1. The number of fused-ring (bicyclic) bond motifs is 1. The summed E-state index contributed by atoms with van der Waals surface area (Å²) in [6, 6.07) is 4.26. The van der Waals surface area contributed by atoms with Crippen molar-refractivity contribution in [3.63, 3.8) is 0 Å². The number of carbonyl (C=O) groups excluding carboxylic acids is 1. The summed E-state index contributed by atoms with van der Waals surface area (Å²) in [5.74, 6) is -0.413. The van der Waals surface area contributed by atoms with Gasteiger partial charge in [-0.05, 0) is 44.7 Å². The highest BCUT2D eigenvalue weighted by molar-refractivity contribution is 7.89. The maximum absolute atomic E-state index is 12.9. The number of hydrogen-bond acceptors (Lipinski definition) is 6. The Hall–Kier alpha value is -2.43. The molecule has 2 aromatic rings. The Labute approximate surface area is 179 Å². The van der Waals surface area contributed by atoms with Crippen molar-refractivity contribution in [2.24, 2.45) is 22.4 Å². The number of nitrogens with one attached hydrogen (secondary N) is 1. The number of halogens is 1. The molecule has 0 bridgehead atoms. The van der Waals surface area contributed by atoms with Gasteiger partial charge >= 0.3 is 5.97 Å². The molecule has 0 amide bonds. The first-order chi connectivity index (χ1) is 14.2. The molecular weight excluding hydrogens is 430 g/mol. The second-order valence-corrected chi connectivity index (χ2v) is 9.22. The molecule has 11 heteroatoms. The monoisotopic (exact) mass is 453 g/mol. The highest BCUT2D eigenvalue weighted by Crippen LogP contribution is 2.32. The Morgan fingerprint density at radius 2 is 1.97 bits per heavy atom. The molecule has 1 aliphatic carbocycles. The first kappa shape index (κ1) is 22.3. The number of guanidine groups is 1. The van der Waals surface area contributed by atoms with Crippen LogP contribution in [0.4, 0.5) is 5.82 Å². The number of nitrogens with two attached hydrogens (primary N) is 2. The minimum atomic E-state index is -3.81. The Morgan fingerprint density at radius 3 is 2.60 bits per heavy atom. The fourth-order valence-corrected chi connectivity index (χ4v) is 5.09. The third-order valence-corrected chi connectivity index (χ3v) is 6.82. The normalized spacial score (nSPS) is 19.4. The third kappa shape index (κ3) is 5.00. The molecule has 162 valence electrons. The first-order valence-corrected chi connectivity index (χ1v) is 11.4. The van der Waals surface area contributed by atoms with E-state index in [1.807, 2.05) is 0 Å². The smallest absolute Gasteiger partial charge is 0.308 e. The van der Waals surface area contributed by atoms with E-state index in [1.54, 1.807) is 13.0 Å². The van der Waals surface area contributed by atoms with E-state index in [2.05, 4.69) is 14.7 Å². The average Bonchev–Trinajstić information content (AvgIpc) is 2.70. The molecule has 0 atom stereocenters. The van der Waals surface area contributed by atoms with E-state index in [1.165, 1.54) is 18.3 Å². The van der Waals surface area contributed by atoms with Crippen LogP contribution in [0.2, 0.25) is 5.02 Å². The topological polar surface area (TPSA) is 150 Å². The number of rotatable bonds is 6. The fourth-order valence-electron chi connectivity index (χ4n) is 3.55. The van der Waals surface area contributed by atoms with Crippen LogP contribution in [0.25, 0.3) is 10.8 Å². The van der Waals surface area contributed by atoms with Gasteiger partial charge in [0.25, 0.3) is 0 Å². The number of esters is 1. The van der Waals surface area contributed by atoms with Crippen LogP contribution in [0.1, 0.15) is 32.6 Å². The number of aliphatic imine (C=N–C) groups is 1. The van der Waals surface area contributed by atoms with Crippen LogP contribution in [-0.4, -0.2) is 38.0 Å². The van der Waals surface area contributed by atoms with Crippen molar-refractivity contribution in [3.05, 3.63) is 29.4 Å². The van der Waals surface area contributed by atoms with Crippen molar-refractivity contribution in [1.29, 1.82) is 0 Å². The molecule has 1 saturated carbocycles. The maximum Gasteiger partial charge on any atom is 0.308 e. The van der Waals surface area contributed by atoms with Crippen LogP contribution in [0.3, 0.4) is 0 Å². The molecule has 1 aromatic heterocycles. The van der Waals surface area contributed by atoms with E-state index in [9.17, 15) is 13.2 Å². The predicted octanol–water partition coefficient (Wildman–Crippen LogP) is 2.19. The summed E-state index contributed by atoms with van der Waals surface area (Å²) in [6.07, 6.45) is 3.68. The summed E-state index contributed by atoms with van der Waals surface area (Å²) in [7, 11) is -3.81. The maximum atomic E-state index is 12.9. The van der Waals surface area contributed by atoms with Gasteiger partial charge in [0, 0.05) is 23.0 Å². The number of carbonyl (C=O) groups is 1. The summed E-state index contributed by atoms with van der Waals surface area (Å²) >= 11 is 6.17. The molecule has 0 aliphatic heterocycles. The van der Waals surface area contributed by atoms with Crippen LogP contribution < -0.4 is 16.2 Å². The third-order valence-electron chi connectivity index (χ3n) is 5.00. The van der Waals surface area contributed by atoms with E-state index < -0.39 is 10.0 Å². The molecule has 5 N–H and O–H groups in total. The zero-order valence-electron chi connectivity index (χ0n) is 16.5. The fraction of sp³-hybridized carbons (Fsp3) is 0.421. The lowest BCUT2D eigenvalue weighted by Crippen LogP contribution is -2.38. The summed E-state index contributed by atoms with van der Waals surface area (Å²) in [6.45, 7) is 2.11.